The third-order valence-corrected chi connectivity index (χ3v) is 9.26. The molecule has 0 saturated carbocycles. The Bertz CT molecular complexity index is 1320. The molecule has 0 spiro atoms. The Hall–Kier alpha value is -3.59. The van der Waals surface area contributed by atoms with Crippen LogP contribution in [0, 0.1) is 5.92 Å². The first-order valence-electron chi connectivity index (χ1n) is 17.9. The van der Waals surface area contributed by atoms with Crippen LogP contribution >= 0.6 is 0 Å². The lowest BCUT2D eigenvalue weighted by atomic mass is 9.95. The van der Waals surface area contributed by atoms with Gasteiger partial charge >= 0.3 is 18.3 Å². The van der Waals surface area contributed by atoms with Crippen molar-refractivity contribution in [3.8, 4) is 11.1 Å². The zero-order valence-corrected chi connectivity index (χ0v) is 30.1. The standard InChI is InChI=1S/C39H57N3O6/c1-38(2,3)47-36(44)41(37(45)48-39(4,5)6)25-17-10-8-7-9-11-18-26-42-27-23-31(29-42)34(24-28-42)46-35(43)40-33-22-16-15-21-32(33)30-19-13-12-14-20-30/h12-16,19-22,31,34H,7-11,17-18,23-29H2,1-6H3/p+1/t31?,34?,42-/m1/s1. The monoisotopic (exact) mass is 664 g/mol. The number of ether oxygens (including phenoxy) is 3. The number of unbranched alkanes of at least 4 members (excludes halogenated alkanes) is 6. The minimum Gasteiger partial charge on any atom is -0.445 e. The largest absolute Gasteiger partial charge is 0.445 e. The summed E-state index contributed by atoms with van der Waals surface area (Å²) in [6, 6.07) is 17.9. The first kappa shape index (κ1) is 37.2. The number of piperidine rings is 1. The number of nitrogens with zero attached hydrogens (tertiary/aromatic N) is 2. The first-order valence-corrected chi connectivity index (χ1v) is 17.9. The fourth-order valence-corrected chi connectivity index (χ4v) is 6.96. The van der Waals surface area contributed by atoms with Crippen LogP contribution in [0.25, 0.3) is 11.1 Å². The molecule has 4 rings (SSSR count). The van der Waals surface area contributed by atoms with Crippen LogP contribution in [-0.4, -0.2) is 77.7 Å². The van der Waals surface area contributed by atoms with Gasteiger partial charge in [-0.15, -0.1) is 0 Å². The van der Waals surface area contributed by atoms with Gasteiger partial charge in [0.1, 0.15) is 17.3 Å². The maximum atomic E-state index is 13.0. The van der Waals surface area contributed by atoms with Crippen LogP contribution in [0.4, 0.5) is 20.1 Å². The molecule has 2 saturated heterocycles. The smallest absolute Gasteiger partial charge is 0.419 e. The van der Waals surface area contributed by atoms with Gasteiger partial charge in [0.15, 0.2) is 0 Å². The molecule has 9 heteroatoms. The van der Waals surface area contributed by atoms with Gasteiger partial charge in [-0.2, -0.15) is 0 Å². The Morgan fingerprint density at radius 2 is 1.31 bits per heavy atom. The van der Waals surface area contributed by atoms with E-state index in [4.69, 9.17) is 14.2 Å². The molecule has 2 aromatic carbocycles. The van der Waals surface area contributed by atoms with Crippen molar-refractivity contribution < 1.29 is 33.1 Å². The van der Waals surface area contributed by atoms with Crippen molar-refractivity contribution in [2.24, 2.45) is 5.92 Å². The van der Waals surface area contributed by atoms with E-state index in [1.165, 1.54) is 32.4 Å². The van der Waals surface area contributed by atoms with Gasteiger partial charge in [0.2, 0.25) is 0 Å². The van der Waals surface area contributed by atoms with Crippen LogP contribution in [0.5, 0.6) is 0 Å². The molecule has 0 aliphatic carbocycles. The number of rotatable bonds is 13. The quantitative estimate of drug-likeness (QED) is 0.130. The van der Waals surface area contributed by atoms with Gasteiger partial charge in [-0.1, -0.05) is 74.2 Å². The molecule has 2 unspecified atom stereocenters. The highest BCUT2D eigenvalue weighted by Gasteiger charge is 2.47. The molecular formula is C39H58N3O6+. The van der Waals surface area contributed by atoms with Gasteiger partial charge in [-0.25, -0.2) is 19.3 Å². The van der Waals surface area contributed by atoms with Gasteiger partial charge in [-0.3, -0.25) is 5.32 Å². The molecule has 2 bridgehead atoms. The second-order valence-corrected chi connectivity index (χ2v) is 15.6. The molecule has 2 aliphatic rings. The second kappa shape index (κ2) is 16.7. The number of amides is 3. The molecule has 3 atom stereocenters. The maximum Gasteiger partial charge on any atom is 0.419 e. The molecule has 1 N–H and O–H groups in total. The van der Waals surface area contributed by atoms with Gasteiger partial charge in [0.05, 0.1) is 37.8 Å². The molecule has 48 heavy (non-hydrogen) atoms. The predicted molar refractivity (Wildman–Crippen MR) is 190 cm³/mol. The van der Waals surface area contributed by atoms with E-state index in [1.54, 1.807) is 41.5 Å². The summed E-state index contributed by atoms with van der Waals surface area (Å²) >= 11 is 0. The topological polar surface area (TPSA) is 94.2 Å². The summed E-state index contributed by atoms with van der Waals surface area (Å²) in [6.07, 6.45) is 7.80. The SMILES string of the molecule is CC(C)(C)OC(=O)N(CCCCCCCCC[N@+]12CCC(C1)C(OC(=O)Nc1ccccc1-c1ccccc1)CC2)C(=O)OC(C)(C)C. The van der Waals surface area contributed by atoms with Crippen molar-refractivity contribution in [3.63, 3.8) is 0 Å². The van der Waals surface area contributed by atoms with Crippen molar-refractivity contribution in [2.75, 3.05) is 38.0 Å². The number of carbonyl (C=O) groups excluding carboxylic acids is 3. The second-order valence-electron chi connectivity index (χ2n) is 15.6. The minimum absolute atomic E-state index is 0.0239. The Morgan fingerprint density at radius 1 is 0.750 bits per heavy atom. The van der Waals surface area contributed by atoms with E-state index in [0.717, 1.165) is 77.8 Å². The third-order valence-electron chi connectivity index (χ3n) is 9.26. The zero-order valence-electron chi connectivity index (χ0n) is 30.1. The summed E-state index contributed by atoms with van der Waals surface area (Å²) in [5.74, 6) is 0.426. The minimum atomic E-state index is -0.686. The number of para-hydroxylation sites is 1. The number of nitrogens with one attached hydrogen (secondary N) is 1. The molecule has 2 aromatic rings. The third kappa shape index (κ3) is 11.5. The lowest BCUT2D eigenvalue weighted by Crippen LogP contribution is -2.52. The summed E-state index contributed by atoms with van der Waals surface area (Å²) in [7, 11) is 0. The number of hydrogen-bond acceptors (Lipinski definition) is 6. The molecule has 264 valence electrons. The summed E-state index contributed by atoms with van der Waals surface area (Å²) in [5.41, 5.74) is 1.44. The van der Waals surface area contributed by atoms with Gasteiger partial charge < -0.3 is 18.7 Å². The Balaban J connectivity index is 1.12. The van der Waals surface area contributed by atoms with E-state index in [0.29, 0.717) is 12.5 Å². The summed E-state index contributed by atoms with van der Waals surface area (Å²) in [6.45, 7) is 15.6. The first-order chi connectivity index (χ1) is 22.7. The van der Waals surface area contributed by atoms with Crippen molar-refractivity contribution in [2.45, 2.75) is 117 Å². The Kier molecular flexibility index (Phi) is 12.9. The zero-order chi connectivity index (χ0) is 34.8. The average Bonchev–Trinajstić information content (AvgIpc) is 3.36. The normalized spacial score (nSPS) is 20.5. The lowest BCUT2D eigenvalue weighted by molar-refractivity contribution is -0.922. The highest BCUT2D eigenvalue weighted by atomic mass is 16.6. The van der Waals surface area contributed by atoms with Crippen LogP contribution in [0.3, 0.4) is 0 Å². The van der Waals surface area contributed by atoms with Crippen LogP contribution < -0.4 is 5.32 Å². The van der Waals surface area contributed by atoms with E-state index in [9.17, 15) is 14.4 Å². The van der Waals surface area contributed by atoms with E-state index < -0.39 is 23.4 Å². The molecular weight excluding hydrogens is 606 g/mol. The molecule has 0 aromatic heterocycles. The molecule has 3 amide bonds. The van der Waals surface area contributed by atoms with Crippen LogP contribution in [0.2, 0.25) is 0 Å². The number of fused-ring (bicyclic) bond motifs is 2. The van der Waals surface area contributed by atoms with Gasteiger partial charge in [0, 0.05) is 24.9 Å². The molecule has 9 nitrogen and oxygen atoms in total. The van der Waals surface area contributed by atoms with E-state index in [2.05, 4.69) is 5.32 Å². The maximum absolute atomic E-state index is 13.0. The van der Waals surface area contributed by atoms with Crippen molar-refractivity contribution in [1.82, 2.24) is 4.90 Å². The van der Waals surface area contributed by atoms with Crippen molar-refractivity contribution >= 4 is 24.0 Å². The number of carbonyl (C=O) groups is 3. The number of anilines is 1. The van der Waals surface area contributed by atoms with Crippen molar-refractivity contribution in [1.29, 1.82) is 0 Å². The molecule has 2 aliphatic heterocycles. The highest BCUT2D eigenvalue weighted by Crippen LogP contribution is 2.36. The molecule has 2 heterocycles. The number of imide groups is 1. The molecule has 0 radical (unpaired) electrons. The van der Waals surface area contributed by atoms with Gasteiger partial charge in [0.25, 0.3) is 0 Å². The van der Waals surface area contributed by atoms with E-state index >= 15 is 0 Å². The molecule has 2 fully saturated rings. The Labute approximate surface area is 287 Å². The van der Waals surface area contributed by atoms with E-state index in [1.807, 2.05) is 54.6 Å². The van der Waals surface area contributed by atoms with Crippen LogP contribution in [-0.2, 0) is 14.2 Å². The van der Waals surface area contributed by atoms with Gasteiger partial charge in [-0.05, 0) is 72.4 Å². The fourth-order valence-electron chi connectivity index (χ4n) is 6.96. The number of hydrogen-bond donors (Lipinski definition) is 1. The van der Waals surface area contributed by atoms with Crippen molar-refractivity contribution in [3.05, 3.63) is 54.6 Å². The average molecular weight is 665 g/mol. The van der Waals surface area contributed by atoms with Crippen LogP contribution in [0.1, 0.15) is 99.3 Å². The van der Waals surface area contributed by atoms with Crippen LogP contribution in [0.15, 0.2) is 54.6 Å². The highest BCUT2D eigenvalue weighted by molar-refractivity contribution is 5.91. The summed E-state index contributed by atoms with van der Waals surface area (Å²) in [5, 5.41) is 3.01. The lowest BCUT2D eigenvalue weighted by Gasteiger charge is -2.40. The number of benzene rings is 2. The Morgan fingerprint density at radius 3 is 1.96 bits per heavy atom. The number of quaternary nitrogens is 1. The summed E-state index contributed by atoms with van der Waals surface area (Å²) < 4.78 is 18.1. The predicted octanol–water partition coefficient (Wildman–Crippen LogP) is 9.41. The van der Waals surface area contributed by atoms with E-state index in [-0.39, 0.29) is 12.2 Å². The summed E-state index contributed by atoms with van der Waals surface area (Å²) in [4.78, 5) is 39.4. The fraction of sp³-hybridized carbons (Fsp3) is 0.615.